The number of nitrogens with two attached hydrogens (primary N) is 1. The van der Waals surface area contributed by atoms with Gasteiger partial charge in [0.05, 0.1) is 7.11 Å². The first-order valence-electron chi connectivity index (χ1n) is 7.30. The van der Waals surface area contributed by atoms with Crippen LogP contribution in [-0.2, 0) is 0 Å². The van der Waals surface area contributed by atoms with Gasteiger partial charge in [0, 0.05) is 11.6 Å². The van der Waals surface area contributed by atoms with E-state index >= 15 is 0 Å². The summed E-state index contributed by atoms with van der Waals surface area (Å²) in [5.41, 5.74) is 7.01. The van der Waals surface area contributed by atoms with Gasteiger partial charge in [0.15, 0.2) is 11.6 Å². The van der Waals surface area contributed by atoms with Crippen molar-refractivity contribution in [3.63, 3.8) is 0 Å². The highest BCUT2D eigenvalue weighted by Gasteiger charge is 2.66. The number of fused-ring (bicyclic) bond motifs is 5. The van der Waals surface area contributed by atoms with Crippen LogP contribution in [0.5, 0.6) is 5.75 Å². The molecule has 2 nitrogen and oxygen atoms in total. The van der Waals surface area contributed by atoms with Crippen molar-refractivity contribution < 1.29 is 9.13 Å². The Balaban J connectivity index is 1.61. The van der Waals surface area contributed by atoms with Crippen molar-refractivity contribution in [3.8, 4) is 5.75 Å². The molecule has 102 valence electrons. The van der Waals surface area contributed by atoms with E-state index in [1.165, 1.54) is 26.4 Å². The Hall–Kier alpha value is -1.09. The predicted molar refractivity (Wildman–Crippen MR) is 71.2 cm³/mol. The summed E-state index contributed by atoms with van der Waals surface area (Å²) in [5, 5.41) is 0. The van der Waals surface area contributed by atoms with Crippen molar-refractivity contribution in [1.82, 2.24) is 0 Å². The van der Waals surface area contributed by atoms with Crippen LogP contribution in [0.1, 0.15) is 30.9 Å². The molecule has 3 fully saturated rings. The summed E-state index contributed by atoms with van der Waals surface area (Å²) in [5.74, 6) is 3.85. The molecule has 19 heavy (non-hydrogen) atoms. The molecule has 3 heteroatoms. The topological polar surface area (TPSA) is 35.2 Å². The summed E-state index contributed by atoms with van der Waals surface area (Å²) in [6.45, 7) is 0. The minimum atomic E-state index is -0.269. The van der Waals surface area contributed by atoms with Gasteiger partial charge in [-0.15, -0.1) is 0 Å². The van der Waals surface area contributed by atoms with Crippen LogP contribution in [0.2, 0.25) is 0 Å². The normalized spacial score (nSPS) is 40.1. The van der Waals surface area contributed by atoms with Gasteiger partial charge < -0.3 is 10.5 Å². The Kier molecular flexibility index (Phi) is 2.44. The molecule has 3 saturated carbocycles. The van der Waals surface area contributed by atoms with Crippen LogP contribution in [0.15, 0.2) is 18.2 Å². The van der Waals surface area contributed by atoms with E-state index in [0.717, 1.165) is 23.7 Å². The average Bonchev–Trinajstić information content (AvgIpc) is 2.86. The zero-order valence-corrected chi connectivity index (χ0v) is 11.2. The third kappa shape index (κ3) is 1.51. The quantitative estimate of drug-likeness (QED) is 0.907. The molecule has 0 spiro atoms. The highest BCUT2D eigenvalue weighted by Crippen LogP contribution is 2.71. The minimum absolute atomic E-state index is 0.159. The van der Waals surface area contributed by atoms with E-state index < -0.39 is 0 Å². The molecule has 2 N–H and O–H groups in total. The smallest absolute Gasteiger partial charge is 0.169 e. The Bertz CT molecular complexity index is 501. The molecule has 5 atom stereocenters. The summed E-state index contributed by atoms with van der Waals surface area (Å²) >= 11 is 0. The van der Waals surface area contributed by atoms with Crippen molar-refractivity contribution in [2.45, 2.75) is 25.3 Å². The van der Waals surface area contributed by atoms with Crippen LogP contribution < -0.4 is 10.5 Å². The summed E-state index contributed by atoms with van der Waals surface area (Å²) in [6, 6.07) is 5.15. The largest absolute Gasteiger partial charge is 0.494 e. The van der Waals surface area contributed by atoms with Gasteiger partial charge in [-0.25, -0.2) is 4.39 Å². The molecule has 1 aromatic rings. The molecule has 0 aromatic heterocycles. The maximum Gasteiger partial charge on any atom is 0.169 e. The number of hydrogen-bond acceptors (Lipinski definition) is 2. The van der Waals surface area contributed by atoms with Crippen molar-refractivity contribution in [2.24, 2.45) is 35.3 Å². The van der Waals surface area contributed by atoms with E-state index in [2.05, 4.69) is 0 Å². The van der Waals surface area contributed by atoms with E-state index in [0.29, 0.717) is 17.2 Å². The Morgan fingerprint density at radius 3 is 2.58 bits per heavy atom. The van der Waals surface area contributed by atoms with Gasteiger partial charge in [0.25, 0.3) is 0 Å². The van der Waals surface area contributed by atoms with Crippen molar-refractivity contribution in [3.05, 3.63) is 29.6 Å². The maximum absolute atomic E-state index is 14.3. The molecule has 5 unspecified atom stereocenters. The van der Waals surface area contributed by atoms with Crippen molar-refractivity contribution in [2.75, 3.05) is 7.11 Å². The number of rotatable bonds is 3. The van der Waals surface area contributed by atoms with Gasteiger partial charge in [-0.05, 0) is 54.9 Å². The van der Waals surface area contributed by atoms with Crippen LogP contribution in [0, 0.1) is 35.4 Å². The summed E-state index contributed by atoms with van der Waals surface area (Å²) in [7, 11) is 1.50. The van der Waals surface area contributed by atoms with E-state index in [9.17, 15) is 4.39 Å². The average molecular weight is 261 g/mol. The molecule has 3 aliphatic rings. The van der Waals surface area contributed by atoms with Gasteiger partial charge in [-0.1, -0.05) is 12.1 Å². The lowest BCUT2D eigenvalue weighted by Gasteiger charge is -2.18. The van der Waals surface area contributed by atoms with Gasteiger partial charge >= 0.3 is 0 Å². The minimum Gasteiger partial charge on any atom is -0.494 e. The molecule has 0 amide bonds. The highest BCUT2D eigenvalue weighted by molar-refractivity contribution is 5.35. The third-order valence-electron chi connectivity index (χ3n) is 5.78. The number of halogens is 1. The fourth-order valence-corrected chi connectivity index (χ4v) is 5.02. The lowest BCUT2D eigenvalue weighted by molar-refractivity contribution is 0.373. The predicted octanol–water partition coefficient (Wildman–Crippen LogP) is 3.13. The summed E-state index contributed by atoms with van der Waals surface area (Å²) in [6.07, 6.45) is 4.14. The second-order valence-electron chi connectivity index (χ2n) is 6.45. The fourth-order valence-electron chi connectivity index (χ4n) is 5.02. The van der Waals surface area contributed by atoms with Crippen LogP contribution in [-0.4, -0.2) is 7.11 Å². The molecule has 4 rings (SSSR count). The van der Waals surface area contributed by atoms with E-state index in [-0.39, 0.29) is 11.9 Å². The maximum atomic E-state index is 14.3. The van der Waals surface area contributed by atoms with Gasteiger partial charge in [-0.2, -0.15) is 0 Å². The van der Waals surface area contributed by atoms with E-state index in [1.807, 2.05) is 12.1 Å². The second kappa shape index (κ2) is 3.95. The molecular formula is C16H20FNO. The first kappa shape index (κ1) is 11.7. The molecule has 0 heterocycles. The number of methoxy groups -OCH3 is 1. The van der Waals surface area contributed by atoms with Crippen LogP contribution in [0.4, 0.5) is 4.39 Å². The fraction of sp³-hybridized carbons (Fsp3) is 0.625. The molecule has 1 aromatic carbocycles. The van der Waals surface area contributed by atoms with Crippen molar-refractivity contribution in [1.29, 1.82) is 0 Å². The Morgan fingerprint density at radius 2 is 1.95 bits per heavy atom. The molecule has 3 aliphatic carbocycles. The van der Waals surface area contributed by atoms with Crippen LogP contribution >= 0.6 is 0 Å². The van der Waals surface area contributed by atoms with Crippen LogP contribution in [0.25, 0.3) is 0 Å². The molecule has 0 radical (unpaired) electrons. The third-order valence-corrected chi connectivity index (χ3v) is 5.78. The first-order valence-corrected chi connectivity index (χ1v) is 7.30. The van der Waals surface area contributed by atoms with E-state index in [4.69, 9.17) is 10.5 Å². The highest BCUT2D eigenvalue weighted by atomic mass is 19.1. The summed E-state index contributed by atoms with van der Waals surface area (Å²) in [4.78, 5) is 0. The van der Waals surface area contributed by atoms with Gasteiger partial charge in [0.2, 0.25) is 0 Å². The number of ether oxygens (including phenoxy) is 1. The monoisotopic (exact) mass is 261 g/mol. The number of benzene rings is 1. The Morgan fingerprint density at radius 1 is 1.26 bits per heavy atom. The van der Waals surface area contributed by atoms with Gasteiger partial charge in [-0.3, -0.25) is 0 Å². The first-order chi connectivity index (χ1) is 9.22. The molecular weight excluding hydrogens is 241 g/mol. The summed E-state index contributed by atoms with van der Waals surface area (Å²) < 4.78 is 19.3. The van der Waals surface area contributed by atoms with Crippen molar-refractivity contribution >= 4 is 0 Å². The standard InChI is InChI=1S/C16H20FNO/c1-19-11-4-2-3-10(15(11)17)16(18)14-12-8-5-6-9(7-8)13(12)14/h2-4,8-9,12-14,16H,5-7,18H2,1H3. The second-order valence-corrected chi connectivity index (χ2v) is 6.45. The van der Waals surface area contributed by atoms with Crippen LogP contribution in [0.3, 0.4) is 0 Å². The lowest BCUT2D eigenvalue weighted by Crippen LogP contribution is -2.19. The zero-order valence-electron chi connectivity index (χ0n) is 11.2. The molecule has 0 saturated heterocycles. The zero-order chi connectivity index (χ0) is 13.1. The SMILES string of the molecule is COc1cccc(C(N)C2C3C4CCC(C4)C32)c1F. The number of hydrogen-bond donors (Lipinski definition) is 1. The molecule has 2 bridgehead atoms. The van der Waals surface area contributed by atoms with E-state index in [1.54, 1.807) is 6.07 Å². The Labute approximate surface area is 113 Å². The molecule has 0 aliphatic heterocycles. The lowest BCUT2D eigenvalue weighted by atomic mass is 9.93. The van der Waals surface area contributed by atoms with Gasteiger partial charge in [0.1, 0.15) is 0 Å².